The Hall–Kier alpha value is -0.733. The molecule has 2 aliphatic heterocycles. The summed E-state index contributed by atoms with van der Waals surface area (Å²) in [6.45, 7) is 21.3. The van der Waals surface area contributed by atoms with Crippen molar-refractivity contribution in [2.45, 2.75) is 45.3 Å². The molecule has 0 spiro atoms. The van der Waals surface area contributed by atoms with Gasteiger partial charge in [-0.1, -0.05) is 26.8 Å². The molecule has 0 saturated carbocycles. The molecule has 0 amide bonds. The number of piperazine rings is 1. The van der Waals surface area contributed by atoms with Crippen LogP contribution in [-0.2, 0) is 9.22 Å². The summed E-state index contributed by atoms with van der Waals surface area (Å²) in [5, 5.41) is 9.42. The number of carboxylic acids is 1. The molecule has 0 unspecified atom stereocenters. The summed E-state index contributed by atoms with van der Waals surface area (Å²) in [5.74, 6) is -0.770. The van der Waals surface area contributed by atoms with E-state index in [1.165, 1.54) is 0 Å². The van der Waals surface area contributed by atoms with Crippen LogP contribution in [0.4, 0.5) is 0 Å². The minimum Gasteiger partial charge on any atom is -0.478 e. The SMILES string of the molecule is CC(C)(C)[Si](C)(C)OCCN1CCN(CCN2CCC=C(C(=O)O)C2)CC1. The van der Waals surface area contributed by atoms with Crippen molar-refractivity contribution >= 4 is 14.3 Å². The summed E-state index contributed by atoms with van der Waals surface area (Å²) in [5.41, 5.74) is 0.549. The molecule has 6 nitrogen and oxygen atoms in total. The second-order valence-corrected chi connectivity index (χ2v) is 14.2. The van der Waals surface area contributed by atoms with Gasteiger partial charge in [-0.05, 0) is 24.6 Å². The molecule has 0 aromatic rings. The lowest BCUT2D eigenvalue weighted by atomic mass is 10.1. The van der Waals surface area contributed by atoms with E-state index in [9.17, 15) is 4.79 Å². The number of rotatable bonds is 8. The van der Waals surface area contributed by atoms with Crippen molar-refractivity contribution in [1.29, 1.82) is 0 Å². The maximum Gasteiger partial charge on any atom is 0.332 e. The van der Waals surface area contributed by atoms with Gasteiger partial charge in [0.15, 0.2) is 8.32 Å². The van der Waals surface area contributed by atoms with E-state index in [0.717, 1.165) is 65.4 Å². The zero-order chi connectivity index (χ0) is 20.1. The van der Waals surface area contributed by atoms with Crippen molar-refractivity contribution in [3.8, 4) is 0 Å². The topological polar surface area (TPSA) is 56.2 Å². The van der Waals surface area contributed by atoms with E-state index in [-0.39, 0.29) is 5.04 Å². The molecule has 27 heavy (non-hydrogen) atoms. The molecule has 2 heterocycles. The highest BCUT2D eigenvalue weighted by atomic mass is 28.4. The first kappa shape index (κ1) is 22.6. The van der Waals surface area contributed by atoms with E-state index < -0.39 is 14.3 Å². The molecule has 1 N–H and O–H groups in total. The fourth-order valence-electron chi connectivity index (χ4n) is 3.32. The fraction of sp³-hybridized carbons (Fsp3) is 0.850. The summed E-state index contributed by atoms with van der Waals surface area (Å²) in [6.07, 6.45) is 2.72. The van der Waals surface area contributed by atoms with Gasteiger partial charge in [0.1, 0.15) is 0 Å². The highest BCUT2D eigenvalue weighted by molar-refractivity contribution is 6.74. The molecule has 0 bridgehead atoms. The molecule has 0 aliphatic carbocycles. The number of nitrogens with zero attached hydrogens (tertiary/aromatic N) is 3. The number of carbonyl (C=O) groups is 1. The van der Waals surface area contributed by atoms with Crippen LogP contribution in [0.2, 0.25) is 18.1 Å². The number of aliphatic carboxylic acids is 1. The van der Waals surface area contributed by atoms with Crippen LogP contribution in [0.25, 0.3) is 0 Å². The van der Waals surface area contributed by atoms with E-state index in [1.807, 2.05) is 6.08 Å². The van der Waals surface area contributed by atoms with Crippen molar-refractivity contribution < 1.29 is 14.3 Å². The van der Waals surface area contributed by atoms with Gasteiger partial charge >= 0.3 is 5.97 Å². The Morgan fingerprint density at radius 3 is 2.15 bits per heavy atom. The minimum absolute atomic E-state index is 0.274. The Morgan fingerprint density at radius 2 is 1.59 bits per heavy atom. The second kappa shape index (κ2) is 9.65. The van der Waals surface area contributed by atoms with E-state index >= 15 is 0 Å². The van der Waals surface area contributed by atoms with Crippen LogP contribution < -0.4 is 0 Å². The normalized spacial score (nSPS) is 21.3. The van der Waals surface area contributed by atoms with Gasteiger partial charge in [0.05, 0.1) is 0 Å². The molecule has 2 aliphatic rings. The first-order valence-electron chi connectivity index (χ1n) is 10.3. The van der Waals surface area contributed by atoms with Crippen molar-refractivity contribution in [2.75, 3.05) is 65.5 Å². The van der Waals surface area contributed by atoms with Crippen molar-refractivity contribution in [3.63, 3.8) is 0 Å². The molecule has 1 saturated heterocycles. The third-order valence-corrected chi connectivity index (χ3v) is 10.9. The van der Waals surface area contributed by atoms with Gasteiger partial charge in [-0.25, -0.2) is 4.79 Å². The lowest BCUT2D eigenvalue weighted by molar-refractivity contribution is -0.133. The van der Waals surface area contributed by atoms with Gasteiger partial charge in [-0.15, -0.1) is 0 Å². The standard InChI is InChI=1S/C20H39N3O3Si/c1-20(2,3)27(4,5)26-16-15-22-11-9-21(10-12-22)13-14-23-8-6-7-18(17-23)19(24)25/h7H,6,8-17H2,1-5H3,(H,24,25). The fourth-order valence-corrected chi connectivity index (χ4v) is 4.35. The van der Waals surface area contributed by atoms with Gasteiger partial charge in [-0.2, -0.15) is 0 Å². The summed E-state index contributed by atoms with van der Waals surface area (Å²) in [4.78, 5) is 18.4. The monoisotopic (exact) mass is 397 g/mol. The van der Waals surface area contributed by atoms with Crippen LogP contribution in [0.1, 0.15) is 27.2 Å². The maximum atomic E-state index is 11.1. The third kappa shape index (κ3) is 6.98. The van der Waals surface area contributed by atoms with Crippen molar-refractivity contribution in [3.05, 3.63) is 11.6 Å². The molecule has 0 aromatic carbocycles. The van der Waals surface area contributed by atoms with E-state index in [0.29, 0.717) is 12.1 Å². The predicted octanol–water partition coefficient (Wildman–Crippen LogP) is 2.34. The quantitative estimate of drug-likeness (QED) is 0.635. The number of hydrogen-bond acceptors (Lipinski definition) is 5. The zero-order valence-corrected chi connectivity index (χ0v) is 19.0. The smallest absolute Gasteiger partial charge is 0.332 e. The Labute approximate surface area is 166 Å². The Kier molecular flexibility index (Phi) is 8.06. The van der Waals surface area contributed by atoms with E-state index in [1.54, 1.807) is 0 Å². The average molecular weight is 398 g/mol. The first-order chi connectivity index (χ1) is 12.6. The van der Waals surface area contributed by atoms with Crippen LogP contribution >= 0.6 is 0 Å². The second-order valence-electron chi connectivity index (χ2n) is 9.39. The molecule has 0 radical (unpaired) electrons. The molecule has 2 rings (SSSR count). The summed E-state index contributed by atoms with van der Waals surface area (Å²) in [6, 6.07) is 0. The Balaban J connectivity index is 1.62. The summed E-state index contributed by atoms with van der Waals surface area (Å²) in [7, 11) is -1.64. The lowest BCUT2D eigenvalue weighted by Crippen LogP contribution is -2.50. The number of carboxylic acid groups (broad SMARTS) is 1. The molecule has 1 fully saturated rings. The molecule has 7 heteroatoms. The van der Waals surface area contributed by atoms with Gasteiger partial charge in [0.25, 0.3) is 0 Å². The van der Waals surface area contributed by atoms with Gasteiger partial charge in [-0.3, -0.25) is 14.7 Å². The van der Waals surface area contributed by atoms with Crippen molar-refractivity contribution in [2.24, 2.45) is 0 Å². The Bertz CT molecular complexity index is 523. The van der Waals surface area contributed by atoms with Crippen LogP contribution in [0.15, 0.2) is 11.6 Å². The maximum absolute atomic E-state index is 11.1. The largest absolute Gasteiger partial charge is 0.478 e. The van der Waals surface area contributed by atoms with Crippen molar-refractivity contribution in [1.82, 2.24) is 14.7 Å². The molecule has 0 aromatic heterocycles. The van der Waals surface area contributed by atoms with Crippen LogP contribution in [-0.4, -0.2) is 99.6 Å². The van der Waals surface area contributed by atoms with Gasteiger partial charge < -0.3 is 9.53 Å². The summed E-state index contributed by atoms with van der Waals surface area (Å²) >= 11 is 0. The predicted molar refractivity (Wildman–Crippen MR) is 113 cm³/mol. The third-order valence-electron chi connectivity index (χ3n) is 6.38. The Morgan fingerprint density at radius 1 is 1.04 bits per heavy atom. The first-order valence-corrected chi connectivity index (χ1v) is 13.2. The molecule has 0 atom stereocenters. The van der Waals surface area contributed by atoms with E-state index in [2.05, 4.69) is 48.6 Å². The highest BCUT2D eigenvalue weighted by Gasteiger charge is 2.37. The van der Waals surface area contributed by atoms with E-state index in [4.69, 9.17) is 9.53 Å². The van der Waals surface area contributed by atoms with Crippen LogP contribution in [0.5, 0.6) is 0 Å². The average Bonchev–Trinajstić information content (AvgIpc) is 2.60. The summed E-state index contributed by atoms with van der Waals surface area (Å²) < 4.78 is 6.30. The van der Waals surface area contributed by atoms with Crippen LogP contribution in [0, 0.1) is 0 Å². The molecular formula is C20H39N3O3Si. The molecule has 156 valence electrons. The number of hydrogen-bond donors (Lipinski definition) is 1. The van der Waals surface area contributed by atoms with Gasteiger partial charge in [0.2, 0.25) is 0 Å². The highest BCUT2D eigenvalue weighted by Crippen LogP contribution is 2.36. The lowest BCUT2D eigenvalue weighted by Gasteiger charge is -2.38. The zero-order valence-electron chi connectivity index (χ0n) is 18.0. The van der Waals surface area contributed by atoms with Gasteiger partial charge in [0, 0.05) is 71.1 Å². The minimum atomic E-state index is -1.64. The van der Waals surface area contributed by atoms with Crippen LogP contribution in [0.3, 0.4) is 0 Å². The molecular weight excluding hydrogens is 358 g/mol.